The Balaban J connectivity index is 1.83. The first-order valence-corrected chi connectivity index (χ1v) is 9.57. The third kappa shape index (κ3) is 3.30. The number of hydrogen-bond acceptors (Lipinski definition) is 2. The van der Waals surface area contributed by atoms with Crippen molar-refractivity contribution >= 4 is 36.7 Å². The van der Waals surface area contributed by atoms with Crippen LogP contribution in [0.15, 0.2) is 47.4 Å². The minimum atomic E-state index is -3.46. The molecular formula is C16H18BrNO2S. The van der Waals surface area contributed by atoms with E-state index in [0.717, 1.165) is 30.0 Å². The van der Waals surface area contributed by atoms with Crippen LogP contribution in [-0.4, -0.2) is 19.8 Å². The highest BCUT2D eigenvalue weighted by atomic mass is 79.9. The number of alkyl halides is 1. The highest BCUT2D eigenvalue weighted by Gasteiger charge is 2.25. The summed E-state index contributed by atoms with van der Waals surface area (Å²) in [4.78, 5) is 0.901. The van der Waals surface area contributed by atoms with Gasteiger partial charge in [-0.15, -0.1) is 0 Å². The quantitative estimate of drug-likeness (QED) is 0.837. The molecule has 3 rings (SSSR count). The summed E-state index contributed by atoms with van der Waals surface area (Å²) in [6.07, 6.45) is 3.24. The van der Waals surface area contributed by atoms with Crippen molar-refractivity contribution in [1.29, 1.82) is 0 Å². The molecule has 0 aromatic heterocycles. The van der Waals surface area contributed by atoms with Crippen molar-refractivity contribution in [3.05, 3.63) is 42.5 Å². The van der Waals surface area contributed by atoms with Crippen LogP contribution >= 0.6 is 15.9 Å². The maximum Gasteiger partial charge on any atom is 0.241 e. The predicted molar refractivity (Wildman–Crippen MR) is 89.2 cm³/mol. The zero-order chi connectivity index (χ0) is 14.9. The molecule has 1 aliphatic carbocycles. The number of rotatable bonds is 4. The van der Waals surface area contributed by atoms with Crippen LogP contribution in [0.2, 0.25) is 0 Å². The smallest absolute Gasteiger partial charge is 0.211 e. The maximum atomic E-state index is 12.6. The van der Waals surface area contributed by atoms with Gasteiger partial charge in [-0.25, -0.2) is 13.1 Å². The van der Waals surface area contributed by atoms with Gasteiger partial charge in [-0.3, -0.25) is 0 Å². The molecule has 1 fully saturated rings. The average molecular weight is 368 g/mol. The molecular weight excluding hydrogens is 350 g/mol. The molecule has 1 saturated carbocycles. The molecule has 0 saturated heterocycles. The van der Waals surface area contributed by atoms with Gasteiger partial charge in [-0.2, -0.15) is 0 Å². The van der Waals surface area contributed by atoms with Gasteiger partial charge >= 0.3 is 0 Å². The average Bonchev–Trinajstić information content (AvgIpc) is 2.90. The molecule has 0 bridgehead atoms. The van der Waals surface area contributed by atoms with Crippen LogP contribution in [0.1, 0.15) is 19.3 Å². The Kier molecular flexibility index (Phi) is 4.33. The van der Waals surface area contributed by atoms with Crippen LogP contribution in [0, 0.1) is 5.92 Å². The van der Waals surface area contributed by atoms with E-state index in [-0.39, 0.29) is 0 Å². The molecule has 0 spiro atoms. The predicted octanol–water partition coefficient (Wildman–Crippen LogP) is 3.68. The van der Waals surface area contributed by atoms with E-state index < -0.39 is 10.0 Å². The van der Waals surface area contributed by atoms with Crippen molar-refractivity contribution in [2.24, 2.45) is 5.92 Å². The van der Waals surface area contributed by atoms with Gasteiger partial charge in [-0.05, 0) is 36.6 Å². The van der Waals surface area contributed by atoms with Gasteiger partial charge in [0.2, 0.25) is 10.0 Å². The van der Waals surface area contributed by atoms with Crippen molar-refractivity contribution in [3.8, 4) is 0 Å². The molecule has 2 atom stereocenters. The number of benzene rings is 2. The molecule has 21 heavy (non-hydrogen) atoms. The molecule has 0 amide bonds. The molecule has 3 nitrogen and oxygen atoms in total. The molecule has 0 heterocycles. The number of sulfonamides is 1. The Morgan fingerprint density at radius 2 is 1.86 bits per heavy atom. The number of hydrogen-bond donors (Lipinski definition) is 1. The monoisotopic (exact) mass is 367 g/mol. The third-order valence-corrected chi connectivity index (χ3v) is 6.39. The van der Waals surface area contributed by atoms with E-state index in [0.29, 0.717) is 22.2 Å². The second-order valence-corrected chi connectivity index (χ2v) is 8.64. The van der Waals surface area contributed by atoms with Crippen molar-refractivity contribution in [1.82, 2.24) is 4.72 Å². The van der Waals surface area contributed by atoms with Crippen molar-refractivity contribution in [2.75, 3.05) is 6.54 Å². The first-order valence-electron chi connectivity index (χ1n) is 7.18. The van der Waals surface area contributed by atoms with Crippen molar-refractivity contribution in [2.45, 2.75) is 29.0 Å². The maximum absolute atomic E-state index is 12.6. The van der Waals surface area contributed by atoms with Crippen molar-refractivity contribution in [3.63, 3.8) is 0 Å². The Labute approximate surface area is 133 Å². The SMILES string of the molecule is O=S(=O)(NCC1CCC(Br)C1)c1cccc2ccccc12. The summed E-state index contributed by atoms with van der Waals surface area (Å²) in [5.74, 6) is 0.430. The third-order valence-electron chi connectivity index (χ3n) is 4.08. The largest absolute Gasteiger partial charge is 0.241 e. The topological polar surface area (TPSA) is 46.2 Å². The second kappa shape index (κ2) is 6.07. The zero-order valence-electron chi connectivity index (χ0n) is 11.6. The summed E-state index contributed by atoms with van der Waals surface area (Å²) in [7, 11) is -3.46. The van der Waals surface area contributed by atoms with E-state index in [1.54, 1.807) is 12.1 Å². The number of fused-ring (bicyclic) bond motifs is 1. The highest BCUT2D eigenvalue weighted by Crippen LogP contribution is 2.30. The van der Waals surface area contributed by atoms with Gasteiger partial charge in [0.1, 0.15) is 0 Å². The summed E-state index contributed by atoms with van der Waals surface area (Å²) < 4.78 is 27.9. The molecule has 2 unspecified atom stereocenters. The Morgan fingerprint density at radius 1 is 1.10 bits per heavy atom. The molecule has 5 heteroatoms. The van der Waals surface area contributed by atoms with Gasteiger partial charge < -0.3 is 0 Å². The molecule has 1 N–H and O–H groups in total. The number of halogens is 1. The fourth-order valence-electron chi connectivity index (χ4n) is 2.93. The van der Waals surface area contributed by atoms with Crippen LogP contribution in [0.25, 0.3) is 10.8 Å². The normalized spacial score (nSPS) is 22.7. The van der Waals surface area contributed by atoms with Gasteiger partial charge in [-0.1, -0.05) is 52.3 Å². The summed E-state index contributed by atoms with van der Waals surface area (Å²) in [6, 6.07) is 13.0. The second-order valence-electron chi connectivity index (χ2n) is 5.61. The Bertz CT molecular complexity index is 740. The number of nitrogens with one attached hydrogen (secondary N) is 1. The Morgan fingerprint density at radius 3 is 2.62 bits per heavy atom. The summed E-state index contributed by atoms with van der Waals surface area (Å²) >= 11 is 3.60. The lowest BCUT2D eigenvalue weighted by molar-refractivity contribution is 0.521. The van der Waals surface area contributed by atoms with Crippen LogP contribution in [0.5, 0.6) is 0 Å². The van der Waals surface area contributed by atoms with E-state index in [4.69, 9.17) is 0 Å². The fourth-order valence-corrected chi connectivity index (χ4v) is 5.07. The lowest BCUT2D eigenvalue weighted by atomic mass is 10.1. The minimum absolute atomic E-state index is 0.369. The van der Waals surface area contributed by atoms with E-state index in [1.807, 2.05) is 30.3 Å². The zero-order valence-corrected chi connectivity index (χ0v) is 14.0. The Hall–Kier alpha value is -0.910. The van der Waals surface area contributed by atoms with Crippen molar-refractivity contribution < 1.29 is 8.42 Å². The fraction of sp³-hybridized carbons (Fsp3) is 0.375. The summed E-state index contributed by atoms with van der Waals surface area (Å²) in [5, 5.41) is 1.72. The van der Waals surface area contributed by atoms with Gasteiger partial charge in [0.15, 0.2) is 0 Å². The molecule has 112 valence electrons. The molecule has 2 aromatic rings. The van der Waals surface area contributed by atoms with E-state index in [9.17, 15) is 8.42 Å². The molecule has 2 aromatic carbocycles. The highest BCUT2D eigenvalue weighted by molar-refractivity contribution is 9.09. The molecule has 0 aliphatic heterocycles. The summed E-state index contributed by atoms with van der Waals surface area (Å²) in [6.45, 7) is 0.521. The first-order chi connectivity index (χ1) is 10.1. The van der Waals surface area contributed by atoms with Gasteiger partial charge in [0.25, 0.3) is 0 Å². The standard InChI is InChI=1S/C16H18BrNO2S/c17-14-9-8-12(10-14)11-18-21(19,20)16-7-3-5-13-4-1-2-6-15(13)16/h1-7,12,14,18H,8-11H2. The van der Waals surface area contributed by atoms with Crippen LogP contribution < -0.4 is 4.72 Å². The van der Waals surface area contributed by atoms with Crippen LogP contribution in [0.4, 0.5) is 0 Å². The van der Waals surface area contributed by atoms with E-state index >= 15 is 0 Å². The first kappa shape index (κ1) is 15.0. The van der Waals surface area contributed by atoms with Gasteiger partial charge in [0.05, 0.1) is 4.90 Å². The van der Waals surface area contributed by atoms with Gasteiger partial charge in [0, 0.05) is 16.8 Å². The minimum Gasteiger partial charge on any atom is -0.211 e. The van der Waals surface area contributed by atoms with E-state index in [2.05, 4.69) is 20.7 Å². The lowest BCUT2D eigenvalue weighted by Crippen LogP contribution is -2.28. The molecule has 1 aliphatic rings. The van der Waals surface area contributed by atoms with Crippen LogP contribution in [-0.2, 0) is 10.0 Å². The van der Waals surface area contributed by atoms with Crippen LogP contribution in [0.3, 0.4) is 0 Å². The lowest BCUT2D eigenvalue weighted by Gasteiger charge is -2.13. The van der Waals surface area contributed by atoms with E-state index in [1.165, 1.54) is 0 Å². The summed E-state index contributed by atoms with van der Waals surface area (Å²) in [5.41, 5.74) is 0. The molecule has 0 radical (unpaired) electrons.